The number of terminal acetylenes is 1. The van der Waals surface area contributed by atoms with E-state index in [1.165, 1.54) is 0 Å². The van der Waals surface area contributed by atoms with E-state index in [2.05, 4.69) is 43.5 Å². The quantitative estimate of drug-likeness (QED) is 0.426. The van der Waals surface area contributed by atoms with Crippen molar-refractivity contribution in [3.8, 4) is 12.3 Å². The number of rotatable bonds is 8. The van der Waals surface area contributed by atoms with E-state index >= 15 is 0 Å². The Morgan fingerprint density at radius 2 is 2.03 bits per heavy atom. The van der Waals surface area contributed by atoms with Gasteiger partial charge in [0.15, 0.2) is 11.6 Å². The molecule has 4 heteroatoms. The summed E-state index contributed by atoms with van der Waals surface area (Å²) in [5.74, 6) is 4.95. The van der Waals surface area contributed by atoms with E-state index < -0.39 is 0 Å². The van der Waals surface area contributed by atoms with Crippen molar-refractivity contribution < 1.29 is 0 Å². The summed E-state index contributed by atoms with van der Waals surface area (Å²) >= 11 is 0. The van der Waals surface area contributed by atoms with E-state index in [1.54, 1.807) is 18.4 Å². The Balaban J connectivity index is 2.63. The van der Waals surface area contributed by atoms with Crippen LogP contribution in [0.2, 0.25) is 0 Å². The molecule has 0 spiro atoms. The maximum Gasteiger partial charge on any atom is 0.164 e. The smallest absolute Gasteiger partial charge is 0.164 e. The molecule has 2 rings (SSSR count). The van der Waals surface area contributed by atoms with Crippen molar-refractivity contribution in [1.29, 1.82) is 0 Å². The van der Waals surface area contributed by atoms with Gasteiger partial charge in [0.1, 0.15) is 5.82 Å². The maximum atomic E-state index is 5.52. The Morgan fingerprint density at radius 3 is 2.62 bits per heavy atom. The van der Waals surface area contributed by atoms with Gasteiger partial charge in [0.2, 0.25) is 0 Å². The van der Waals surface area contributed by atoms with Gasteiger partial charge in [0.05, 0.1) is 0 Å². The Labute approximate surface area is 174 Å². The molecule has 0 radical (unpaired) electrons. The van der Waals surface area contributed by atoms with Gasteiger partial charge in [0.25, 0.3) is 0 Å². The van der Waals surface area contributed by atoms with Gasteiger partial charge in [-0.2, -0.15) is 0 Å². The first kappa shape index (κ1) is 22.0. The first-order valence-electron chi connectivity index (χ1n) is 9.87. The molecular formula is C25H28N4. The number of hydrogen-bond donors (Lipinski definition) is 0. The summed E-state index contributed by atoms with van der Waals surface area (Å²) in [5.41, 5.74) is 1.66. The second-order valence-corrected chi connectivity index (χ2v) is 6.72. The summed E-state index contributed by atoms with van der Waals surface area (Å²) in [6, 6.07) is 0. The van der Waals surface area contributed by atoms with Gasteiger partial charge in [-0.25, -0.2) is 15.0 Å². The van der Waals surface area contributed by atoms with Crippen LogP contribution in [0.25, 0.3) is 11.1 Å². The molecule has 2 unspecified atom stereocenters. The van der Waals surface area contributed by atoms with E-state index in [1.807, 2.05) is 37.4 Å². The van der Waals surface area contributed by atoms with Crippen LogP contribution in [0, 0.1) is 18.3 Å². The van der Waals surface area contributed by atoms with Crippen molar-refractivity contribution in [2.75, 3.05) is 0 Å². The molecule has 148 valence electrons. The van der Waals surface area contributed by atoms with Gasteiger partial charge in [-0.15, -0.1) is 6.42 Å². The summed E-state index contributed by atoms with van der Waals surface area (Å²) in [5, 5.41) is 0. The molecule has 0 saturated carbocycles. The zero-order valence-electron chi connectivity index (χ0n) is 17.4. The third-order valence-electron chi connectivity index (χ3n) is 4.50. The topological polar surface area (TPSA) is 51.0 Å². The Bertz CT molecular complexity index is 936. The van der Waals surface area contributed by atoms with E-state index in [4.69, 9.17) is 21.4 Å². The van der Waals surface area contributed by atoms with Gasteiger partial charge in [-0.1, -0.05) is 75.3 Å². The van der Waals surface area contributed by atoms with E-state index in [0.717, 1.165) is 24.0 Å². The highest BCUT2D eigenvalue weighted by Crippen LogP contribution is 2.24. The summed E-state index contributed by atoms with van der Waals surface area (Å²) in [7, 11) is 0. The minimum atomic E-state index is 0.0502. The van der Waals surface area contributed by atoms with Crippen LogP contribution in [-0.4, -0.2) is 21.2 Å². The van der Waals surface area contributed by atoms with Crippen LogP contribution in [0.15, 0.2) is 66.4 Å². The van der Waals surface area contributed by atoms with E-state index in [0.29, 0.717) is 23.4 Å². The lowest BCUT2D eigenvalue weighted by molar-refractivity contribution is 0.698. The number of hydrogen-bond acceptors (Lipinski definition) is 4. The third-order valence-corrected chi connectivity index (χ3v) is 4.50. The Morgan fingerprint density at radius 1 is 1.28 bits per heavy atom. The SMILES string of the molecule is C#C/C=C(\C=C/C)c1nc(C(/C=C\C(C)CC)=C/C=C)nc(C2C=CN=CC2)n1. The van der Waals surface area contributed by atoms with Gasteiger partial charge in [-0.05, 0) is 25.3 Å². The van der Waals surface area contributed by atoms with Gasteiger partial charge < -0.3 is 0 Å². The molecule has 1 aliphatic rings. The summed E-state index contributed by atoms with van der Waals surface area (Å²) in [6.07, 6.45) is 26.4. The number of nitrogens with zero attached hydrogens (tertiary/aromatic N) is 4. The highest BCUT2D eigenvalue weighted by Gasteiger charge is 2.18. The molecule has 4 nitrogen and oxygen atoms in total. The molecule has 0 bridgehead atoms. The van der Waals surface area contributed by atoms with Crippen LogP contribution < -0.4 is 0 Å². The molecule has 29 heavy (non-hydrogen) atoms. The average Bonchev–Trinajstić information content (AvgIpc) is 2.76. The molecular weight excluding hydrogens is 356 g/mol. The van der Waals surface area contributed by atoms with Crippen LogP contribution in [-0.2, 0) is 0 Å². The summed E-state index contributed by atoms with van der Waals surface area (Å²) < 4.78 is 0. The molecule has 0 fully saturated rings. The summed E-state index contributed by atoms with van der Waals surface area (Å²) in [6.45, 7) is 10.1. The first-order valence-corrected chi connectivity index (χ1v) is 9.87. The van der Waals surface area contributed by atoms with Crippen LogP contribution in [0.5, 0.6) is 0 Å². The van der Waals surface area contributed by atoms with Crippen LogP contribution in [0.4, 0.5) is 0 Å². The van der Waals surface area contributed by atoms with Gasteiger partial charge in [0, 0.05) is 29.5 Å². The molecule has 0 saturated heterocycles. The van der Waals surface area contributed by atoms with Crippen LogP contribution in [0.1, 0.15) is 57.0 Å². The lowest BCUT2D eigenvalue weighted by atomic mass is 10.0. The number of aliphatic imine (C=N–C) groups is 1. The van der Waals surface area contributed by atoms with E-state index in [9.17, 15) is 0 Å². The standard InChI is InChI=1S/C25H28N4/c1-6-10-20(11-7-2)23-27-24(21(12-8-3)14-13-19(5)9-4)29-25(28-23)22-15-17-26-18-16-22/h1,7-8,10-15,17-19,22H,3,9,16H2,2,4-5H3/b11-7-,14-13-,20-10+,21-12+. The molecule has 2 heterocycles. The second-order valence-electron chi connectivity index (χ2n) is 6.72. The molecule has 1 aromatic rings. The molecule has 0 aromatic carbocycles. The second kappa shape index (κ2) is 11.5. The normalized spacial score (nSPS) is 18.3. The zero-order valence-corrected chi connectivity index (χ0v) is 17.4. The lowest BCUT2D eigenvalue weighted by Gasteiger charge is -2.14. The third kappa shape index (κ3) is 6.36. The van der Waals surface area contributed by atoms with Crippen molar-refractivity contribution in [3.05, 3.63) is 78.9 Å². The molecule has 0 amide bonds. The predicted octanol–water partition coefficient (Wildman–Crippen LogP) is 5.71. The van der Waals surface area contributed by atoms with E-state index in [-0.39, 0.29) is 5.92 Å². The van der Waals surface area contributed by atoms with Crippen molar-refractivity contribution in [2.24, 2.45) is 10.9 Å². The van der Waals surface area contributed by atoms with Crippen LogP contribution in [0.3, 0.4) is 0 Å². The molecule has 2 atom stereocenters. The first-order chi connectivity index (χ1) is 14.1. The van der Waals surface area contributed by atoms with Gasteiger partial charge >= 0.3 is 0 Å². The van der Waals surface area contributed by atoms with Crippen molar-refractivity contribution in [2.45, 2.75) is 39.5 Å². The fraction of sp³-hybridized carbons (Fsp3) is 0.280. The minimum absolute atomic E-state index is 0.0502. The molecule has 1 aromatic heterocycles. The number of allylic oxidation sites excluding steroid dienone is 10. The average molecular weight is 385 g/mol. The Hall–Kier alpha value is -3.32. The van der Waals surface area contributed by atoms with Gasteiger partial charge in [-0.3, -0.25) is 4.99 Å². The zero-order chi connectivity index (χ0) is 21.1. The lowest BCUT2D eigenvalue weighted by Crippen LogP contribution is -2.11. The predicted molar refractivity (Wildman–Crippen MR) is 123 cm³/mol. The van der Waals surface area contributed by atoms with Crippen molar-refractivity contribution in [3.63, 3.8) is 0 Å². The monoisotopic (exact) mass is 384 g/mol. The Kier molecular flexibility index (Phi) is 8.72. The largest absolute Gasteiger partial charge is 0.269 e. The maximum absolute atomic E-state index is 5.52. The number of aromatic nitrogens is 3. The molecule has 1 aliphatic heterocycles. The summed E-state index contributed by atoms with van der Waals surface area (Å²) in [4.78, 5) is 18.4. The van der Waals surface area contributed by atoms with Crippen LogP contribution >= 0.6 is 0 Å². The highest BCUT2D eigenvalue weighted by molar-refractivity contribution is 5.75. The minimum Gasteiger partial charge on any atom is -0.269 e. The molecule has 0 N–H and O–H groups in total. The van der Waals surface area contributed by atoms with Crippen molar-refractivity contribution in [1.82, 2.24) is 15.0 Å². The highest BCUT2D eigenvalue weighted by atomic mass is 15.0. The molecule has 0 aliphatic carbocycles. The van der Waals surface area contributed by atoms with Crippen molar-refractivity contribution >= 4 is 17.4 Å². The fourth-order valence-electron chi connectivity index (χ4n) is 2.67. The fourth-order valence-corrected chi connectivity index (χ4v) is 2.67.